The first-order chi connectivity index (χ1) is 3.80. The summed E-state index contributed by atoms with van der Waals surface area (Å²) >= 11 is 1.78. The van der Waals surface area contributed by atoms with Crippen molar-refractivity contribution in [2.45, 2.75) is 19.8 Å². The van der Waals surface area contributed by atoms with Gasteiger partial charge in [-0.15, -0.1) is 11.3 Å². The van der Waals surface area contributed by atoms with Crippen molar-refractivity contribution in [2.24, 2.45) is 0 Å². The van der Waals surface area contributed by atoms with E-state index in [1.165, 1.54) is 4.88 Å². The highest BCUT2D eigenvalue weighted by atomic mass is 32.1. The summed E-state index contributed by atoms with van der Waals surface area (Å²) in [5.41, 5.74) is 0. The molecule has 1 rings (SSSR count). The van der Waals surface area contributed by atoms with Crippen molar-refractivity contribution in [1.29, 1.82) is 0 Å². The van der Waals surface area contributed by atoms with Gasteiger partial charge in [0.15, 0.2) is 0 Å². The van der Waals surface area contributed by atoms with Crippen LogP contribution in [0.4, 0.5) is 0 Å². The van der Waals surface area contributed by atoms with Crippen molar-refractivity contribution in [2.75, 3.05) is 0 Å². The molecule has 43 valence electrons. The average Bonchev–Trinajstić information content (AvgIpc) is 2.12. The smallest absolute Gasteiger partial charge is 0.00770 e. The zero-order valence-electron chi connectivity index (χ0n) is 5.14. The van der Waals surface area contributed by atoms with E-state index in [9.17, 15) is 0 Å². The van der Waals surface area contributed by atoms with Gasteiger partial charge in [-0.1, -0.05) is 13.8 Å². The Balaban J connectivity index is 2.77. The van der Waals surface area contributed by atoms with Gasteiger partial charge in [-0.3, -0.25) is 0 Å². The quantitative estimate of drug-likeness (QED) is 0.541. The summed E-state index contributed by atoms with van der Waals surface area (Å²) in [4.78, 5) is 1.42. The van der Waals surface area contributed by atoms with Gasteiger partial charge in [-0.25, -0.2) is 0 Å². The summed E-state index contributed by atoms with van der Waals surface area (Å²) in [6, 6.07) is 5.08. The van der Waals surface area contributed by atoms with Gasteiger partial charge in [0.1, 0.15) is 0 Å². The van der Waals surface area contributed by atoms with Crippen molar-refractivity contribution in [3.63, 3.8) is 0 Å². The second kappa shape index (κ2) is 2.31. The van der Waals surface area contributed by atoms with Crippen LogP contribution in [0.2, 0.25) is 0 Å². The van der Waals surface area contributed by atoms with Crippen LogP contribution in [0.25, 0.3) is 0 Å². The largest absolute Gasteiger partial charge is 0.148 e. The van der Waals surface area contributed by atoms with Crippen LogP contribution in [0.1, 0.15) is 24.6 Å². The molecule has 0 aliphatic carbocycles. The Labute approximate surface area is 54.2 Å². The summed E-state index contributed by atoms with van der Waals surface area (Å²) in [6.45, 7) is 4.39. The molecule has 8 heavy (non-hydrogen) atoms. The van der Waals surface area contributed by atoms with Crippen LogP contribution in [0.5, 0.6) is 0 Å². The minimum atomic E-state index is 0.672. The first-order valence-electron chi connectivity index (χ1n) is 2.75. The molecule has 0 aliphatic heterocycles. The Morgan fingerprint density at radius 3 is 2.62 bits per heavy atom. The molecule has 0 aliphatic rings. The van der Waals surface area contributed by atoms with Crippen LogP contribution in [0.15, 0.2) is 11.4 Å². The Kier molecular flexibility index (Phi) is 1.69. The Bertz CT molecular complexity index is 139. The van der Waals surface area contributed by atoms with E-state index >= 15 is 0 Å². The maximum absolute atomic E-state index is 3.03. The van der Waals surface area contributed by atoms with Gasteiger partial charge in [-0.05, 0) is 23.4 Å². The third kappa shape index (κ3) is 1.10. The highest BCUT2D eigenvalue weighted by molar-refractivity contribution is 7.09. The second-order valence-corrected chi connectivity index (χ2v) is 3.05. The molecule has 0 amide bonds. The lowest BCUT2D eigenvalue weighted by Crippen LogP contribution is -1.77. The highest BCUT2D eigenvalue weighted by Crippen LogP contribution is 2.18. The van der Waals surface area contributed by atoms with Crippen LogP contribution >= 0.6 is 11.3 Å². The Hall–Kier alpha value is -0.300. The van der Waals surface area contributed by atoms with Crippen LogP contribution in [0.3, 0.4) is 0 Å². The fraction of sp³-hybridized carbons (Fsp3) is 0.429. The van der Waals surface area contributed by atoms with Gasteiger partial charge in [-0.2, -0.15) is 0 Å². The predicted molar refractivity (Wildman–Crippen MR) is 37.2 cm³/mol. The molecule has 0 saturated heterocycles. The van der Waals surface area contributed by atoms with Gasteiger partial charge in [0, 0.05) is 4.88 Å². The lowest BCUT2D eigenvalue weighted by atomic mass is 10.2. The molecule has 0 bridgehead atoms. The minimum absolute atomic E-state index is 0.672. The first kappa shape index (κ1) is 5.83. The van der Waals surface area contributed by atoms with E-state index in [0.29, 0.717) is 5.92 Å². The SMILES string of the molecule is CC(C)c1c[c]cs1. The number of hydrogen-bond donors (Lipinski definition) is 0. The van der Waals surface area contributed by atoms with Crippen LogP contribution < -0.4 is 0 Å². The molecule has 0 atom stereocenters. The Morgan fingerprint density at radius 1 is 1.62 bits per heavy atom. The zero-order chi connectivity index (χ0) is 5.98. The molecule has 0 fully saturated rings. The molecule has 0 N–H and O–H groups in total. The first-order valence-corrected chi connectivity index (χ1v) is 3.63. The third-order valence-corrected chi connectivity index (χ3v) is 2.17. The van der Waals surface area contributed by atoms with Crippen molar-refractivity contribution in [3.8, 4) is 0 Å². The summed E-state index contributed by atoms with van der Waals surface area (Å²) in [7, 11) is 0. The standard InChI is InChI=1S/C7H9S/c1-6(2)7-4-3-5-8-7/h4-6H,1-2H3. The molecular formula is C7H9S. The lowest BCUT2D eigenvalue weighted by Gasteiger charge is -1.95. The van der Waals surface area contributed by atoms with E-state index < -0.39 is 0 Å². The summed E-state index contributed by atoms with van der Waals surface area (Å²) in [5, 5.41) is 2.00. The van der Waals surface area contributed by atoms with Gasteiger partial charge in [0.2, 0.25) is 0 Å². The molecule has 0 nitrogen and oxygen atoms in total. The lowest BCUT2D eigenvalue weighted by molar-refractivity contribution is 0.889. The van der Waals surface area contributed by atoms with Crippen molar-refractivity contribution < 1.29 is 0 Å². The monoisotopic (exact) mass is 125 g/mol. The fourth-order valence-corrected chi connectivity index (χ4v) is 1.24. The molecule has 1 heteroatoms. The summed E-state index contributed by atoms with van der Waals surface area (Å²) in [5.74, 6) is 0.672. The topological polar surface area (TPSA) is 0 Å². The van der Waals surface area contributed by atoms with E-state index in [-0.39, 0.29) is 0 Å². The normalized spacial score (nSPS) is 10.4. The van der Waals surface area contributed by atoms with Gasteiger partial charge in [0.05, 0.1) is 0 Å². The fourth-order valence-electron chi connectivity index (χ4n) is 0.555. The van der Waals surface area contributed by atoms with Crippen LogP contribution in [0, 0.1) is 6.07 Å². The molecule has 1 aromatic heterocycles. The van der Waals surface area contributed by atoms with E-state index in [1.54, 1.807) is 11.3 Å². The van der Waals surface area contributed by atoms with E-state index in [0.717, 1.165) is 0 Å². The van der Waals surface area contributed by atoms with Crippen LogP contribution in [-0.4, -0.2) is 0 Å². The molecule has 0 unspecified atom stereocenters. The van der Waals surface area contributed by atoms with E-state index in [1.807, 2.05) is 5.38 Å². The van der Waals surface area contributed by atoms with Gasteiger partial charge < -0.3 is 0 Å². The minimum Gasteiger partial charge on any atom is -0.148 e. The zero-order valence-corrected chi connectivity index (χ0v) is 5.96. The second-order valence-electron chi connectivity index (χ2n) is 2.10. The molecule has 0 saturated carbocycles. The van der Waals surface area contributed by atoms with Crippen LogP contribution in [-0.2, 0) is 0 Å². The molecule has 1 radical (unpaired) electrons. The van der Waals surface area contributed by atoms with Gasteiger partial charge >= 0.3 is 0 Å². The average molecular weight is 125 g/mol. The molecule has 0 spiro atoms. The maximum Gasteiger partial charge on any atom is 0.00770 e. The molecular weight excluding hydrogens is 116 g/mol. The highest BCUT2D eigenvalue weighted by Gasteiger charge is 1.96. The van der Waals surface area contributed by atoms with E-state index in [2.05, 4.69) is 26.0 Å². The van der Waals surface area contributed by atoms with Crippen molar-refractivity contribution in [3.05, 3.63) is 22.4 Å². The number of thiophene rings is 1. The van der Waals surface area contributed by atoms with Crippen molar-refractivity contribution >= 4 is 11.3 Å². The van der Waals surface area contributed by atoms with Gasteiger partial charge in [0.25, 0.3) is 0 Å². The maximum atomic E-state index is 3.03. The van der Waals surface area contributed by atoms with E-state index in [4.69, 9.17) is 0 Å². The third-order valence-electron chi connectivity index (χ3n) is 1.06. The molecule has 0 aromatic carbocycles. The predicted octanol–water partition coefficient (Wildman–Crippen LogP) is 2.67. The molecule has 1 heterocycles. The number of hydrogen-bond acceptors (Lipinski definition) is 1. The van der Waals surface area contributed by atoms with Crippen molar-refractivity contribution in [1.82, 2.24) is 0 Å². The molecule has 1 aromatic rings. The number of rotatable bonds is 1. The Morgan fingerprint density at radius 2 is 2.38 bits per heavy atom. The summed E-state index contributed by atoms with van der Waals surface area (Å²) in [6.07, 6.45) is 0. The summed E-state index contributed by atoms with van der Waals surface area (Å²) < 4.78 is 0.